The fourth-order valence-corrected chi connectivity index (χ4v) is 4.15. The Kier molecular flexibility index (Phi) is 4.75. The second kappa shape index (κ2) is 6.91. The number of anilines is 1. The molecule has 2 fully saturated rings. The van der Waals surface area contributed by atoms with Crippen molar-refractivity contribution in [1.82, 2.24) is 19.7 Å². The zero-order chi connectivity index (χ0) is 18.3. The molecule has 0 radical (unpaired) electrons. The predicted octanol–water partition coefficient (Wildman–Crippen LogP) is 4.43. The van der Waals surface area contributed by atoms with Crippen LogP contribution in [0.2, 0.25) is 0 Å². The average molecular weight is 376 g/mol. The molecule has 4 rings (SSSR count). The Morgan fingerprint density at radius 1 is 1.15 bits per heavy atom. The number of nitrogens with zero attached hydrogens (tertiary/aromatic N) is 5. The van der Waals surface area contributed by atoms with Gasteiger partial charge in [0.25, 0.3) is 0 Å². The molecule has 0 atom stereocenters. The lowest BCUT2D eigenvalue weighted by Gasteiger charge is -2.31. The first-order valence-electron chi connectivity index (χ1n) is 9.69. The van der Waals surface area contributed by atoms with Crippen molar-refractivity contribution in [3.8, 4) is 0 Å². The van der Waals surface area contributed by atoms with E-state index in [1.54, 1.807) is 11.8 Å². The summed E-state index contributed by atoms with van der Waals surface area (Å²) < 4.78 is 8.28. The molecule has 26 heavy (non-hydrogen) atoms. The minimum atomic E-state index is -0.0114. The Balaban J connectivity index is 1.48. The number of oxazole rings is 1. The molecule has 142 valence electrons. The van der Waals surface area contributed by atoms with Gasteiger partial charge in [-0.3, -0.25) is 4.57 Å². The van der Waals surface area contributed by atoms with Gasteiger partial charge in [-0.25, -0.2) is 4.98 Å². The summed E-state index contributed by atoms with van der Waals surface area (Å²) in [5.74, 6) is 4.26. The highest BCUT2D eigenvalue weighted by Gasteiger charge is 2.32. The van der Waals surface area contributed by atoms with Crippen molar-refractivity contribution in [2.45, 2.75) is 75.7 Å². The van der Waals surface area contributed by atoms with Gasteiger partial charge < -0.3 is 9.32 Å². The molecule has 1 aliphatic carbocycles. The summed E-state index contributed by atoms with van der Waals surface area (Å²) in [5, 5.41) is 10.1. The zero-order valence-electron chi connectivity index (χ0n) is 16.2. The highest BCUT2D eigenvalue weighted by molar-refractivity contribution is 7.98. The number of piperidine rings is 1. The van der Waals surface area contributed by atoms with E-state index >= 15 is 0 Å². The Morgan fingerprint density at radius 3 is 2.50 bits per heavy atom. The molecule has 0 unspecified atom stereocenters. The third-order valence-electron chi connectivity index (χ3n) is 5.24. The van der Waals surface area contributed by atoms with Gasteiger partial charge >= 0.3 is 0 Å². The lowest BCUT2D eigenvalue weighted by atomic mass is 9.94. The van der Waals surface area contributed by atoms with Gasteiger partial charge in [-0.05, 0) is 31.6 Å². The summed E-state index contributed by atoms with van der Waals surface area (Å²) in [6.45, 7) is 10.9. The van der Waals surface area contributed by atoms with Crippen LogP contribution in [0.3, 0.4) is 0 Å². The van der Waals surface area contributed by atoms with E-state index in [0.717, 1.165) is 41.8 Å². The van der Waals surface area contributed by atoms with E-state index in [-0.39, 0.29) is 5.41 Å². The van der Waals surface area contributed by atoms with Crippen LogP contribution in [0.1, 0.15) is 71.1 Å². The van der Waals surface area contributed by atoms with Crippen LogP contribution < -0.4 is 4.90 Å². The number of thioether (sulfide) groups is 1. The van der Waals surface area contributed by atoms with Crippen LogP contribution in [0.15, 0.2) is 15.8 Å². The van der Waals surface area contributed by atoms with Crippen molar-refractivity contribution in [3.05, 3.63) is 17.8 Å². The highest BCUT2D eigenvalue weighted by atomic mass is 32.2. The number of hydrogen-bond acceptors (Lipinski definition) is 6. The van der Waals surface area contributed by atoms with E-state index in [2.05, 4.69) is 52.3 Å². The monoisotopic (exact) mass is 375 g/mol. The zero-order valence-corrected chi connectivity index (χ0v) is 17.1. The maximum absolute atomic E-state index is 5.92. The summed E-state index contributed by atoms with van der Waals surface area (Å²) in [6, 6.07) is 0.566. The minimum absolute atomic E-state index is 0.0114. The van der Waals surface area contributed by atoms with Gasteiger partial charge in [0, 0.05) is 24.5 Å². The topological polar surface area (TPSA) is 60.0 Å². The van der Waals surface area contributed by atoms with Crippen molar-refractivity contribution in [3.63, 3.8) is 0 Å². The fourth-order valence-electron chi connectivity index (χ4n) is 3.29. The van der Waals surface area contributed by atoms with Gasteiger partial charge in [0.05, 0.1) is 11.9 Å². The molecule has 7 heteroatoms. The summed E-state index contributed by atoms with van der Waals surface area (Å²) >= 11 is 1.68. The smallest absolute Gasteiger partial charge is 0.228 e. The van der Waals surface area contributed by atoms with E-state index in [4.69, 9.17) is 4.42 Å². The molecule has 3 heterocycles. The second-order valence-corrected chi connectivity index (χ2v) is 9.65. The minimum Gasteiger partial charge on any atom is -0.444 e. The van der Waals surface area contributed by atoms with E-state index < -0.39 is 0 Å². The molecule has 0 bridgehead atoms. The molecular weight excluding hydrogens is 346 g/mol. The lowest BCUT2D eigenvalue weighted by molar-refractivity contribution is 0.390. The maximum atomic E-state index is 5.92. The van der Waals surface area contributed by atoms with E-state index in [1.807, 2.05) is 6.20 Å². The molecule has 0 spiro atoms. The quantitative estimate of drug-likeness (QED) is 0.721. The van der Waals surface area contributed by atoms with E-state index in [1.165, 1.54) is 25.7 Å². The van der Waals surface area contributed by atoms with Gasteiger partial charge in [0.1, 0.15) is 5.76 Å². The van der Waals surface area contributed by atoms with Crippen molar-refractivity contribution < 1.29 is 4.42 Å². The standard InChI is InChI=1S/C19H29N5OS/c1-13-7-9-23(10-8-13)17-21-22-18(24(17)14-5-6-14)26-12-16-20-11-15(25-16)19(2,3)4/h11,13-14H,5-10,12H2,1-4H3. The Hall–Kier alpha value is -1.50. The number of aromatic nitrogens is 4. The molecular formula is C19H29N5OS. The molecule has 1 saturated heterocycles. The van der Waals surface area contributed by atoms with Crippen molar-refractivity contribution in [1.29, 1.82) is 0 Å². The van der Waals surface area contributed by atoms with Gasteiger partial charge in [-0.15, -0.1) is 10.2 Å². The van der Waals surface area contributed by atoms with Crippen LogP contribution >= 0.6 is 11.8 Å². The lowest BCUT2D eigenvalue weighted by Crippen LogP contribution is -2.34. The van der Waals surface area contributed by atoms with Gasteiger partial charge in [0.15, 0.2) is 5.16 Å². The first kappa shape index (κ1) is 17.9. The van der Waals surface area contributed by atoms with Gasteiger partial charge in [0.2, 0.25) is 11.8 Å². The van der Waals surface area contributed by atoms with Crippen molar-refractivity contribution in [2.75, 3.05) is 18.0 Å². The molecule has 1 saturated carbocycles. The molecule has 2 aromatic rings. The summed E-state index contributed by atoms with van der Waals surface area (Å²) in [4.78, 5) is 6.85. The van der Waals surface area contributed by atoms with Crippen LogP contribution in [0, 0.1) is 5.92 Å². The maximum Gasteiger partial charge on any atom is 0.228 e. The predicted molar refractivity (Wildman–Crippen MR) is 104 cm³/mol. The second-order valence-electron chi connectivity index (χ2n) is 8.71. The molecule has 0 amide bonds. The van der Waals surface area contributed by atoms with E-state index in [9.17, 15) is 0 Å². The molecule has 0 N–H and O–H groups in total. The molecule has 6 nitrogen and oxygen atoms in total. The van der Waals surface area contributed by atoms with Gasteiger partial charge in [-0.2, -0.15) is 0 Å². The number of hydrogen-bond donors (Lipinski definition) is 0. The first-order chi connectivity index (χ1) is 12.4. The SMILES string of the molecule is CC1CCN(c2nnc(SCc3ncc(C(C)(C)C)o3)n2C2CC2)CC1. The van der Waals surface area contributed by atoms with Crippen LogP contribution in [-0.4, -0.2) is 32.8 Å². The number of rotatable bonds is 5. The third kappa shape index (κ3) is 3.77. The molecule has 1 aliphatic heterocycles. The van der Waals surface area contributed by atoms with Crippen LogP contribution in [-0.2, 0) is 11.2 Å². The fraction of sp³-hybridized carbons (Fsp3) is 0.737. The van der Waals surface area contributed by atoms with Crippen molar-refractivity contribution >= 4 is 17.7 Å². The highest BCUT2D eigenvalue weighted by Crippen LogP contribution is 2.42. The Morgan fingerprint density at radius 2 is 1.88 bits per heavy atom. The first-order valence-corrected chi connectivity index (χ1v) is 10.7. The van der Waals surface area contributed by atoms with Crippen molar-refractivity contribution in [2.24, 2.45) is 5.92 Å². The average Bonchev–Trinajstić information content (AvgIpc) is 3.16. The van der Waals surface area contributed by atoms with Crippen LogP contribution in [0.4, 0.5) is 5.95 Å². The largest absolute Gasteiger partial charge is 0.444 e. The summed E-state index contributed by atoms with van der Waals surface area (Å²) in [7, 11) is 0. The van der Waals surface area contributed by atoms with Gasteiger partial charge in [-0.1, -0.05) is 39.5 Å². The van der Waals surface area contributed by atoms with Crippen LogP contribution in [0.25, 0.3) is 0 Å². The molecule has 2 aliphatic rings. The Bertz CT molecular complexity index is 750. The van der Waals surface area contributed by atoms with Crippen LogP contribution in [0.5, 0.6) is 0 Å². The molecule has 0 aromatic carbocycles. The molecule has 2 aromatic heterocycles. The summed E-state index contributed by atoms with van der Waals surface area (Å²) in [5.41, 5.74) is -0.0114. The normalized spacial score (nSPS) is 19.3. The third-order valence-corrected chi connectivity index (χ3v) is 6.17. The Labute approximate surface area is 159 Å². The summed E-state index contributed by atoms with van der Waals surface area (Å²) in [6.07, 6.45) is 6.80. The van der Waals surface area contributed by atoms with E-state index in [0.29, 0.717) is 11.8 Å².